The van der Waals surface area contributed by atoms with E-state index in [0.717, 1.165) is 22.3 Å². The molecule has 4 nitrogen and oxygen atoms in total. The minimum absolute atomic E-state index is 0.00583. The van der Waals surface area contributed by atoms with Gasteiger partial charge in [-0.2, -0.15) is 0 Å². The van der Waals surface area contributed by atoms with Crippen LogP contribution in [-0.4, -0.2) is 18.6 Å². The Morgan fingerprint density at radius 2 is 0.868 bits per heavy atom. The van der Waals surface area contributed by atoms with Crippen LogP contribution < -0.4 is 0 Å². The monoisotopic (exact) mass is 730 g/mol. The molecule has 0 amide bonds. The fraction of sp³-hybridized carbons (Fsp3) is 0.417. The van der Waals surface area contributed by atoms with Crippen LogP contribution in [0.1, 0.15) is 137 Å². The highest BCUT2D eigenvalue weighted by atomic mass is 32.2. The van der Waals surface area contributed by atoms with E-state index in [0.29, 0.717) is 23.0 Å². The normalized spacial score (nSPS) is 22.2. The highest BCUT2D eigenvalue weighted by molar-refractivity contribution is 7.91. The number of hydrogen-bond acceptors (Lipinski definition) is 4. The predicted molar refractivity (Wildman–Crippen MR) is 219 cm³/mol. The third-order valence-electron chi connectivity index (χ3n) is 13.8. The molecule has 53 heavy (non-hydrogen) atoms. The minimum Gasteiger partial charge on any atom is -0.384 e. The molecule has 0 aliphatic heterocycles. The summed E-state index contributed by atoms with van der Waals surface area (Å²) in [5, 5.41) is 22.3. The van der Waals surface area contributed by atoms with Gasteiger partial charge in [0, 0.05) is 0 Å². The molecule has 2 N–H and O–H groups in total. The number of benzene rings is 4. The summed E-state index contributed by atoms with van der Waals surface area (Å²) in [6.45, 7) is 26.6. The Labute approximate surface area is 318 Å². The molecule has 280 valence electrons. The van der Waals surface area contributed by atoms with E-state index in [1.54, 1.807) is 36.4 Å². The zero-order chi connectivity index (χ0) is 39.1. The average molecular weight is 731 g/mol. The molecule has 0 fully saturated rings. The van der Waals surface area contributed by atoms with Gasteiger partial charge in [-0.15, -0.1) is 0 Å². The molecule has 4 atom stereocenters. The molecule has 0 aromatic heterocycles. The van der Waals surface area contributed by atoms with Gasteiger partial charge >= 0.3 is 0 Å². The molecule has 0 spiro atoms. The van der Waals surface area contributed by atoms with Crippen LogP contribution in [0.15, 0.2) is 94.7 Å². The quantitative estimate of drug-likeness (QED) is 0.189. The van der Waals surface area contributed by atoms with E-state index in [9.17, 15) is 18.6 Å². The Bertz CT molecular complexity index is 2100. The zero-order valence-electron chi connectivity index (χ0n) is 33.7. The van der Waals surface area contributed by atoms with Crippen LogP contribution >= 0.6 is 0 Å². The van der Waals surface area contributed by atoms with Crippen LogP contribution in [0.25, 0.3) is 12.2 Å². The maximum atomic E-state index is 13.9. The summed E-state index contributed by atoms with van der Waals surface area (Å²) in [5.74, 6) is 0.934. The number of aliphatic hydroxyl groups excluding tert-OH is 2. The summed E-state index contributed by atoms with van der Waals surface area (Å²) in [4.78, 5) is 0.512. The third-order valence-corrected chi connectivity index (χ3v) is 15.9. The Morgan fingerprint density at radius 1 is 0.528 bits per heavy atom. The van der Waals surface area contributed by atoms with E-state index in [1.807, 2.05) is 50.3 Å². The maximum Gasteiger partial charge on any atom is 0.207 e. The number of aliphatic hydroxyl groups is 2. The van der Waals surface area contributed by atoms with E-state index in [-0.39, 0.29) is 31.5 Å². The van der Waals surface area contributed by atoms with Crippen molar-refractivity contribution in [2.45, 2.75) is 127 Å². The largest absolute Gasteiger partial charge is 0.384 e. The van der Waals surface area contributed by atoms with E-state index in [4.69, 9.17) is 0 Å². The smallest absolute Gasteiger partial charge is 0.207 e. The van der Waals surface area contributed by atoms with Crippen molar-refractivity contribution in [3.8, 4) is 0 Å². The second-order valence-corrected chi connectivity index (χ2v) is 20.0. The summed E-state index contributed by atoms with van der Waals surface area (Å²) in [7, 11) is -3.79. The van der Waals surface area contributed by atoms with E-state index >= 15 is 0 Å². The van der Waals surface area contributed by atoms with Gasteiger partial charge in [0.2, 0.25) is 9.84 Å². The lowest BCUT2D eigenvalue weighted by atomic mass is 9.71. The van der Waals surface area contributed by atoms with Crippen LogP contribution in [0.3, 0.4) is 0 Å². The molecule has 4 aromatic rings. The van der Waals surface area contributed by atoms with E-state index < -0.39 is 22.0 Å². The Hall–Kier alpha value is -3.77. The van der Waals surface area contributed by atoms with Crippen molar-refractivity contribution in [2.75, 3.05) is 0 Å². The molecule has 2 aliphatic rings. The predicted octanol–water partition coefficient (Wildman–Crippen LogP) is 11.0. The fourth-order valence-corrected chi connectivity index (χ4v) is 11.0. The average Bonchev–Trinajstić information content (AvgIpc) is 3.33. The number of sulfone groups is 1. The first kappa shape index (κ1) is 38.9. The molecule has 4 aromatic carbocycles. The van der Waals surface area contributed by atoms with Crippen molar-refractivity contribution < 1.29 is 18.6 Å². The summed E-state index contributed by atoms with van der Waals surface area (Å²) in [5.41, 5.74) is 10.0. The lowest BCUT2D eigenvalue weighted by Gasteiger charge is -2.32. The van der Waals surface area contributed by atoms with E-state index in [1.165, 1.54) is 22.3 Å². The molecule has 5 heteroatoms. The van der Waals surface area contributed by atoms with Crippen LogP contribution in [0.2, 0.25) is 0 Å². The summed E-state index contributed by atoms with van der Waals surface area (Å²) < 4.78 is 27.8. The highest BCUT2D eigenvalue weighted by Gasteiger charge is 2.49. The molecule has 4 unspecified atom stereocenters. The Balaban J connectivity index is 1.17. The van der Waals surface area contributed by atoms with Crippen molar-refractivity contribution >= 4 is 22.0 Å². The molecular weight excluding hydrogens is 673 g/mol. The molecule has 0 heterocycles. The van der Waals surface area contributed by atoms with Crippen LogP contribution in [0, 0.1) is 25.7 Å². The van der Waals surface area contributed by atoms with Gasteiger partial charge < -0.3 is 10.2 Å². The van der Waals surface area contributed by atoms with Crippen molar-refractivity contribution in [3.63, 3.8) is 0 Å². The molecule has 0 bridgehead atoms. The van der Waals surface area contributed by atoms with Gasteiger partial charge in [0.15, 0.2) is 0 Å². The molecule has 0 saturated heterocycles. The number of rotatable bonds is 8. The first-order chi connectivity index (χ1) is 24.5. The fourth-order valence-electron chi connectivity index (χ4n) is 9.32. The molecular formula is C48H58O4S. The van der Waals surface area contributed by atoms with Gasteiger partial charge in [-0.05, 0) is 115 Å². The van der Waals surface area contributed by atoms with Crippen molar-refractivity contribution in [3.05, 3.63) is 141 Å². The second kappa shape index (κ2) is 13.2. The summed E-state index contributed by atoms with van der Waals surface area (Å²) in [6.07, 6.45) is 5.66. The van der Waals surface area contributed by atoms with Crippen molar-refractivity contribution in [1.82, 2.24) is 0 Å². The summed E-state index contributed by atoms with van der Waals surface area (Å²) >= 11 is 0. The van der Waals surface area contributed by atoms with Gasteiger partial charge in [0.05, 0.1) is 22.0 Å². The van der Waals surface area contributed by atoms with Crippen LogP contribution in [0.4, 0.5) is 0 Å². The maximum absolute atomic E-state index is 13.9. The van der Waals surface area contributed by atoms with Crippen molar-refractivity contribution in [1.29, 1.82) is 0 Å². The topological polar surface area (TPSA) is 74.6 Å². The van der Waals surface area contributed by atoms with Crippen LogP contribution in [0.5, 0.6) is 0 Å². The molecule has 6 rings (SSSR count). The van der Waals surface area contributed by atoms with Crippen molar-refractivity contribution in [2.24, 2.45) is 11.8 Å². The van der Waals surface area contributed by atoms with Gasteiger partial charge in [-0.3, -0.25) is 0 Å². The van der Waals surface area contributed by atoms with Gasteiger partial charge in [-0.25, -0.2) is 8.42 Å². The van der Waals surface area contributed by atoms with Gasteiger partial charge in [0.1, 0.15) is 0 Å². The van der Waals surface area contributed by atoms with Gasteiger partial charge in [-0.1, -0.05) is 154 Å². The molecule has 0 radical (unpaired) electrons. The Morgan fingerprint density at radius 3 is 1.21 bits per heavy atom. The van der Waals surface area contributed by atoms with Gasteiger partial charge in [0.25, 0.3) is 0 Å². The second-order valence-electron chi connectivity index (χ2n) is 18.1. The lowest BCUT2D eigenvalue weighted by molar-refractivity contribution is 0.229. The molecule has 2 aliphatic carbocycles. The SMILES string of the molecule is Cc1cc(C=CC(O)c2ccc3c(c2)C(C)(C)C(C)C3(C)C)ccc1S(=O)(=O)c1ccc(C=CC(O)c2ccc3c(c2)C(C)(C)C(C)C3(C)C)cc1C. The Kier molecular flexibility index (Phi) is 9.71. The lowest BCUT2D eigenvalue weighted by Crippen LogP contribution is -2.30. The molecule has 0 saturated carbocycles. The third kappa shape index (κ3) is 6.47. The number of fused-ring (bicyclic) bond motifs is 2. The number of aryl methyl sites for hydroxylation is 2. The van der Waals surface area contributed by atoms with E-state index in [2.05, 4.69) is 93.5 Å². The number of hydrogen-bond donors (Lipinski definition) is 2. The standard InChI is InChI=1S/C48H58O4S/c1-29-25-33(13-21-41(49)35-17-19-37-39(27-35)47(9,10)31(3)45(37,5)6)15-23-43(29)53(51,52)44-24-16-34(26-30(44)2)14-22-42(50)36-18-20-38-40(28-36)48(11,12)32(4)46(38,7)8/h13-28,31-32,41-42,49-50H,1-12H3. The minimum atomic E-state index is -3.79. The highest BCUT2D eigenvalue weighted by Crippen LogP contribution is 2.55. The first-order valence-electron chi connectivity index (χ1n) is 19.0. The summed E-state index contributed by atoms with van der Waals surface area (Å²) in [6, 6.07) is 23.3. The zero-order valence-corrected chi connectivity index (χ0v) is 34.5. The first-order valence-corrected chi connectivity index (χ1v) is 20.5. The van der Waals surface area contributed by atoms with Crippen LogP contribution in [-0.2, 0) is 31.5 Å².